The monoisotopic (exact) mass is 600 g/mol. The summed E-state index contributed by atoms with van der Waals surface area (Å²) >= 11 is 14.4. The Morgan fingerprint density at radius 2 is 1.71 bits per heavy atom. The van der Waals surface area contributed by atoms with Gasteiger partial charge < -0.3 is 10.2 Å². The number of phenolic OH excluding ortho intramolecular Hbond substituents is 1. The van der Waals surface area contributed by atoms with E-state index >= 15 is 0 Å². The number of carboxylic acid groups (broad SMARTS) is 1. The maximum atomic E-state index is 14.2. The zero-order valence-electron chi connectivity index (χ0n) is 21.3. The van der Waals surface area contributed by atoms with Crippen LogP contribution < -0.4 is 4.90 Å². The van der Waals surface area contributed by atoms with E-state index in [1.54, 1.807) is 18.2 Å². The molecule has 6 unspecified atom stereocenters. The number of amides is 4. The highest BCUT2D eigenvalue weighted by Gasteiger charge is 2.76. The van der Waals surface area contributed by atoms with Crippen LogP contribution in [0.1, 0.15) is 30.7 Å². The van der Waals surface area contributed by atoms with Gasteiger partial charge in [-0.05, 0) is 60.7 Å². The molecule has 1 saturated carbocycles. The lowest BCUT2D eigenvalue weighted by molar-refractivity contribution is -0.142. The van der Waals surface area contributed by atoms with E-state index in [2.05, 4.69) is 0 Å². The Morgan fingerprint density at radius 3 is 2.37 bits per heavy atom. The molecule has 2 aromatic carbocycles. The molecule has 212 valence electrons. The van der Waals surface area contributed by atoms with Crippen LogP contribution in [0.3, 0.4) is 0 Å². The van der Waals surface area contributed by atoms with Gasteiger partial charge in [0.2, 0.25) is 11.8 Å². The second-order valence-electron chi connectivity index (χ2n) is 10.8. The molecular weight excluding hydrogens is 578 g/mol. The molecule has 0 bridgehead atoms. The number of likely N-dealkylation sites (tertiary alicyclic amines) is 1. The van der Waals surface area contributed by atoms with E-state index < -0.39 is 75.3 Å². The molecule has 6 atom stereocenters. The van der Waals surface area contributed by atoms with E-state index in [4.69, 9.17) is 28.3 Å². The zero-order valence-corrected chi connectivity index (χ0v) is 22.8. The number of nitrogens with zero attached hydrogens (tertiary/aromatic N) is 2. The van der Waals surface area contributed by atoms with Crippen LogP contribution in [0.15, 0.2) is 60.2 Å². The molecule has 9 nitrogen and oxygen atoms in total. The van der Waals surface area contributed by atoms with Gasteiger partial charge in [0.1, 0.15) is 11.6 Å². The van der Waals surface area contributed by atoms with Gasteiger partial charge >= 0.3 is 5.97 Å². The molecule has 12 heteroatoms. The van der Waals surface area contributed by atoms with Crippen LogP contribution in [0, 0.1) is 23.6 Å². The highest BCUT2D eigenvalue weighted by Crippen LogP contribution is 2.65. The number of imide groups is 2. The molecule has 0 radical (unpaired) electrons. The number of hydrogen-bond donors (Lipinski definition) is 2. The number of alkyl halides is 2. The third-order valence-electron chi connectivity index (χ3n) is 8.74. The molecule has 2 aliphatic heterocycles. The average molecular weight is 601 g/mol. The van der Waals surface area contributed by atoms with Crippen LogP contribution in [0.4, 0.5) is 10.1 Å². The SMILES string of the molecule is O=C(O)CCN1C(=O)C2CC=C3C(CC4(Cl)C(=O)N(c5ccc(F)cc5)C(=O)C4(Cl)C3c3cccc(O)c3)C2C1=O. The zero-order chi connectivity index (χ0) is 29.4. The van der Waals surface area contributed by atoms with Gasteiger partial charge in [-0.25, -0.2) is 9.29 Å². The van der Waals surface area contributed by atoms with Crippen molar-refractivity contribution in [2.24, 2.45) is 17.8 Å². The van der Waals surface area contributed by atoms with Crippen molar-refractivity contribution in [3.8, 4) is 5.75 Å². The molecule has 2 aliphatic carbocycles. The Bertz CT molecular complexity index is 1560. The lowest BCUT2D eigenvalue weighted by atomic mass is 9.56. The predicted molar refractivity (Wildman–Crippen MR) is 144 cm³/mol. The number of hydrogen-bond acceptors (Lipinski definition) is 6. The number of halogens is 3. The minimum Gasteiger partial charge on any atom is -0.508 e. The summed E-state index contributed by atoms with van der Waals surface area (Å²) in [6.45, 7) is -0.292. The van der Waals surface area contributed by atoms with Gasteiger partial charge in [0.05, 0.1) is 23.9 Å². The first-order valence-electron chi connectivity index (χ1n) is 13.0. The van der Waals surface area contributed by atoms with Crippen molar-refractivity contribution in [3.63, 3.8) is 0 Å². The fourth-order valence-electron chi connectivity index (χ4n) is 6.97. The number of carbonyl (C=O) groups is 5. The number of fused-ring (bicyclic) bond motifs is 4. The largest absolute Gasteiger partial charge is 0.508 e. The lowest BCUT2D eigenvalue weighted by Crippen LogP contribution is -2.60. The van der Waals surface area contributed by atoms with Crippen molar-refractivity contribution < 1.29 is 38.6 Å². The summed E-state index contributed by atoms with van der Waals surface area (Å²) in [7, 11) is 0. The van der Waals surface area contributed by atoms with E-state index in [1.165, 1.54) is 24.3 Å². The first kappa shape index (κ1) is 27.4. The van der Waals surface area contributed by atoms with Crippen molar-refractivity contribution in [2.45, 2.75) is 34.9 Å². The van der Waals surface area contributed by atoms with Crippen molar-refractivity contribution in [1.29, 1.82) is 0 Å². The average Bonchev–Trinajstić information content (AvgIpc) is 3.25. The molecule has 3 fully saturated rings. The summed E-state index contributed by atoms with van der Waals surface area (Å²) in [5.74, 6) is -8.24. The van der Waals surface area contributed by atoms with E-state index in [0.29, 0.717) is 11.1 Å². The van der Waals surface area contributed by atoms with Gasteiger partial charge in [-0.15, -0.1) is 23.2 Å². The van der Waals surface area contributed by atoms with E-state index in [0.717, 1.165) is 21.9 Å². The van der Waals surface area contributed by atoms with Gasteiger partial charge in [-0.1, -0.05) is 23.8 Å². The summed E-state index contributed by atoms with van der Waals surface area (Å²) in [6, 6.07) is 10.7. The number of carboxylic acids is 1. The second-order valence-corrected chi connectivity index (χ2v) is 12.1. The second kappa shape index (κ2) is 9.39. The number of aromatic hydroxyl groups is 1. The van der Waals surface area contributed by atoms with Crippen LogP contribution in [0.5, 0.6) is 5.75 Å². The van der Waals surface area contributed by atoms with Gasteiger partial charge in [0, 0.05) is 12.5 Å². The summed E-state index contributed by atoms with van der Waals surface area (Å²) in [5, 5.41) is 19.4. The predicted octanol–water partition coefficient (Wildman–Crippen LogP) is 3.57. The molecule has 4 aliphatic rings. The smallest absolute Gasteiger partial charge is 0.305 e. The third kappa shape index (κ3) is 3.76. The molecule has 2 N–H and O–H groups in total. The highest BCUT2D eigenvalue weighted by molar-refractivity contribution is 6.58. The fraction of sp³-hybridized carbons (Fsp3) is 0.345. The number of rotatable bonds is 5. The third-order valence-corrected chi connectivity index (χ3v) is 10.2. The number of phenols is 1. The minimum atomic E-state index is -2.10. The van der Waals surface area contributed by atoms with Crippen molar-refractivity contribution in [2.75, 3.05) is 11.4 Å². The van der Waals surface area contributed by atoms with Crippen molar-refractivity contribution in [1.82, 2.24) is 4.90 Å². The van der Waals surface area contributed by atoms with Crippen molar-refractivity contribution >= 4 is 58.5 Å². The van der Waals surface area contributed by atoms with Crippen LogP contribution in [0.25, 0.3) is 0 Å². The van der Waals surface area contributed by atoms with Crippen LogP contribution in [-0.2, 0) is 24.0 Å². The number of aliphatic carboxylic acids is 1. The standard InChI is InChI=1S/C29H23Cl2FN2O7/c30-28-13-20-18(8-9-19-22(20)25(39)33(24(19)38)11-10-21(36)37)23(14-2-1-3-17(35)12-14)29(28,31)27(41)34(26(28)40)16-6-4-15(32)5-7-16/h1-8,12,19-20,22-23,35H,9-11,13H2,(H,36,37). The maximum Gasteiger partial charge on any atom is 0.305 e. The first-order chi connectivity index (χ1) is 19.4. The molecule has 2 aromatic rings. The Balaban J connectivity index is 1.51. The van der Waals surface area contributed by atoms with Gasteiger partial charge in [-0.2, -0.15) is 0 Å². The van der Waals surface area contributed by atoms with Crippen LogP contribution in [0.2, 0.25) is 0 Å². The normalized spacial score (nSPS) is 32.5. The molecule has 0 spiro atoms. The molecule has 6 rings (SSSR count). The quantitative estimate of drug-likeness (QED) is 0.304. The summed E-state index contributed by atoms with van der Waals surface area (Å²) in [6.07, 6.45) is 1.20. The Hall–Kier alpha value is -3.76. The van der Waals surface area contributed by atoms with Crippen LogP contribution >= 0.6 is 23.2 Å². The Labute approximate surface area is 243 Å². The van der Waals surface area contributed by atoms with E-state index in [-0.39, 0.29) is 30.8 Å². The van der Waals surface area contributed by atoms with E-state index in [1.807, 2.05) is 0 Å². The summed E-state index contributed by atoms with van der Waals surface area (Å²) < 4.78 is 13.7. The molecule has 2 saturated heterocycles. The molecule has 2 heterocycles. The molecular formula is C29H23Cl2FN2O7. The molecule has 41 heavy (non-hydrogen) atoms. The topological polar surface area (TPSA) is 132 Å². The molecule has 0 aromatic heterocycles. The van der Waals surface area contributed by atoms with Gasteiger partial charge in [0.15, 0.2) is 9.75 Å². The van der Waals surface area contributed by atoms with Gasteiger partial charge in [-0.3, -0.25) is 28.9 Å². The maximum absolute atomic E-state index is 14.2. The van der Waals surface area contributed by atoms with Crippen molar-refractivity contribution in [3.05, 3.63) is 71.6 Å². The number of benzene rings is 2. The first-order valence-corrected chi connectivity index (χ1v) is 13.7. The summed E-state index contributed by atoms with van der Waals surface area (Å²) in [4.78, 5) is 63.8. The Morgan fingerprint density at radius 1 is 1.00 bits per heavy atom. The van der Waals surface area contributed by atoms with Gasteiger partial charge in [0.25, 0.3) is 11.8 Å². The minimum absolute atomic E-state index is 0.0623. The fourth-order valence-corrected chi connectivity index (χ4v) is 7.91. The number of allylic oxidation sites excluding steroid dienone is 2. The highest BCUT2D eigenvalue weighted by atomic mass is 35.5. The summed E-state index contributed by atoms with van der Waals surface area (Å²) in [5.41, 5.74) is 0.972. The van der Waals surface area contributed by atoms with Crippen LogP contribution in [-0.4, -0.2) is 61.0 Å². The number of anilines is 1. The molecule has 4 amide bonds. The number of carbonyl (C=O) groups excluding carboxylic acids is 4. The lowest BCUT2D eigenvalue weighted by Gasteiger charge is -2.50. The van der Waals surface area contributed by atoms with E-state index in [9.17, 15) is 33.5 Å². The Kier molecular flexibility index (Phi) is 6.28.